The van der Waals surface area contributed by atoms with Crippen LogP contribution in [0.2, 0.25) is 0 Å². The Morgan fingerprint density at radius 3 is 2.75 bits per heavy atom. The molecule has 1 heterocycles. The van der Waals surface area contributed by atoms with Gasteiger partial charge in [0.1, 0.15) is 0 Å². The van der Waals surface area contributed by atoms with Crippen LogP contribution in [0.4, 0.5) is 5.95 Å². The van der Waals surface area contributed by atoms with Crippen LogP contribution in [0.25, 0.3) is 0 Å². The van der Waals surface area contributed by atoms with Crippen LogP contribution in [0, 0.1) is 0 Å². The van der Waals surface area contributed by atoms with Gasteiger partial charge in [-0.25, -0.2) is 4.98 Å². The van der Waals surface area contributed by atoms with Gasteiger partial charge in [0.25, 0.3) is 0 Å². The summed E-state index contributed by atoms with van der Waals surface area (Å²) in [5.41, 5.74) is 0.352. The molecule has 0 unspecified atom stereocenters. The van der Waals surface area contributed by atoms with Gasteiger partial charge in [0.15, 0.2) is 0 Å². The van der Waals surface area contributed by atoms with Gasteiger partial charge in [-0.05, 0) is 40.3 Å². The fraction of sp³-hybridized carbons (Fsp3) is 0.750. The van der Waals surface area contributed by atoms with E-state index in [9.17, 15) is 0 Å². The predicted molar refractivity (Wildman–Crippen MR) is 66.7 cm³/mol. The summed E-state index contributed by atoms with van der Waals surface area (Å²) < 4.78 is 2.24. The highest BCUT2D eigenvalue weighted by Crippen LogP contribution is 2.38. The number of aromatic nitrogens is 2. The minimum absolute atomic E-state index is 0.352. The SMILES string of the molecule is CCNc1nccn1CC1(N(C)C)CCC1. The van der Waals surface area contributed by atoms with E-state index in [-0.39, 0.29) is 0 Å². The van der Waals surface area contributed by atoms with Crippen molar-refractivity contribution in [3.63, 3.8) is 0 Å². The molecule has 0 amide bonds. The third-order valence-corrected chi connectivity index (χ3v) is 3.75. The van der Waals surface area contributed by atoms with Gasteiger partial charge in [0, 0.05) is 31.0 Å². The van der Waals surface area contributed by atoms with E-state index < -0.39 is 0 Å². The number of imidazole rings is 1. The van der Waals surface area contributed by atoms with Crippen molar-refractivity contribution in [3.05, 3.63) is 12.4 Å². The highest BCUT2D eigenvalue weighted by Gasteiger charge is 2.39. The lowest BCUT2D eigenvalue weighted by atomic mass is 9.75. The molecule has 0 bridgehead atoms. The Morgan fingerprint density at radius 1 is 1.50 bits per heavy atom. The van der Waals surface area contributed by atoms with E-state index in [1.54, 1.807) is 0 Å². The molecule has 1 fully saturated rings. The molecule has 0 radical (unpaired) electrons. The van der Waals surface area contributed by atoms with Crippen LogP contribution in [0.15, 0.2) is 12.4 Å². The quantitative estimate of drug-likeness (QED) is 0.824. The van der Waals surface area contributed by atoms with Gasteiger partial charge in [-0.1, -0.05) is 0 Å². The van der Waals surface area contributed by atoms with E-state index in [1.807, 2.05) is 6.20 Å². The van der Waals surface area contributed by atoms with Gasteiger partial charge in [-0.15, -0.1) is 0 Å². The molecule has 2 rings (SSSR count). The fourth-order valence-corrected chi connectivity index (χ4v) is 2.41. The Labute approximate surface area is 97.7 Å². The van der Waals surface area contributed by atoms with Gasteiger partial charge in [0.05, 0.1) is 0 Å². The first-order valence-corrected chi connectivity index (χ1v) is 6.10. The molecule has 1 aliphatic rings. The normalized spacial score (nSPS) is 18.5. The molecule has 0 saturated heterocycles. The maximum atomic E-state index is 4.34. The second-order valence-corrected chi connectivity index (χ2v) is 4.88. The van der Waals surface area contributed by atoms with Crippen LogP contribution in [0.3, 0.4) is 0 Å². The Kier molecular flexibility index (Phi) is 3.19. The molecule has 90 valence electrons. The van der Waals surface area contributed by atoms with Crippen molar-refractivity contribution in [3.8, 4) is 0 Å². The fourth-order valence-electron chi connectivity index (χ4n) is 2.41. The Balaban J connectivity index is 2.10. The molecule has 4 nitrogen and oxygen atoms in total. The molecule has 16 heavy (non-hydrogen) atoms. The first-order chi connectivity index (χ1) is 7.68. The summed E-state index contributed by atoms with van der Waals surface area (Å²) in [5, 5.41) is 3.30. The molecular weight excluding hydrogens is 200 g/mol. The first-order valence-electron chi connectivity index (χ1n) is 6.10. The van der Waals surface area contributed by atoms with E-state index in [2.05, 4.69) is 47.0 Å². The van der Waals surface area contributed by atoms with Crippen molar-refractivity contribution < 1.29 is 0 Å². The topological polar surface area (TPSA) is 33.1 Å². The summed E-state index contributed by atoms with van der Waals surface area (Å²) in [5.74, 6) is 0.996. The van der Waals surface area contributed by atoms with Crippen molar-refractivity contribution in [2.45, 2.75) is 38.3 Å². The van der Waals surface area contributed by atoms with E-state index in [1.165, 1.54) is 19.3 Å². The third-order valence-electron chi connectivity index (χ3n) is 3.75. The zero-order valence-electron chi connectivity index (χ0n) is 10.5. The zero-order chi connectivity index (χ0) is 11.6. The minimum atomic E-state index is 0.352. The van der Waals surface area contributed by atoms with Crippen molar-refractivity contribution in [1.29, 1.82) is 0 Å². The largest absolute Gasteiger partial charge is 0.356 e. The predicted octanol–water partition coefficient (Wildman–Crippen LogP) is 1.80. The number of anilines is 1. The van der Waals surface area contributed by atoms with Gasteiger partial charge in [-0.3, -0.25) is 0 Å². The van der Waals surface area contributed by atoms with Crippen molar-refractivity contribution in [2.24, 2.45) is 0 Å². The maximum absolute atomic E-state index is 4.34. The van der Waals surface area contributed by atoms with Gasteiger partial charge in [-0.2, -0.15) is 0 Å². The molecule has 0 aromatic carbocycles. The number of hydrogen-bond donors (Lipinski definition) is 1. The molecule has 1 saturated carbocycles. The first kappa shape index (κ1) is 11.5. The van der Waals surface area contributed by atoms with Crippen molar-refractivity contribution in [2.75, 3.05) is 26.0 Å². The number of hydrogen-bond acceptors (Lipinski definition) is 3. The summed E-state index contributed by atoms with van der Waals surface area (Å²) in [6, 6.07) is 0. The Hall–Kier alpha value is -1.03. The molecule has 0 spiro atoms. The third kappa shape index (κ3) is 1.94. The number of rotatable bonds is 5. The Morgan fingerprint density at radius 2 is 2.25 bits per heavy atom. The highest BCUT2D eigenvalue weighted by atomic mass is 15.2. The van der Waals surface area contributed by atoms with Crippen LogP contribution < -0.4 is 5.32 Å². The van der Waals surface area contributed by atoms with Crippen LogP contribution in [-0.2, 0) is 6.54 Å². The summed E-state index contributed by atoms with van der Waals surface area (Å²) in [6.07, 6.45) is 7.89. The summed E-state index contributed by atoms with van der Waals surface area (Å²) in [6.45, 7) is 4.07. The summed E-state index contributed by atoms with van der Waals surface area (Å²) in [7, 11) is 4.37. The number of likely N-dealkylation sites (N-methyl/N-ethyl adjacent to an activating group) is 1. The molecule has 1 aromatic heterocycles. The maximum Gasteiger partial charge on any atom is 0.202 e. The highest BCUT2D eigenvalue weighted by molar-refractivity contribution is 5.26. The minimum Gasteiger partial charge on any atom is -0.356 e. The van der Waals surface area contributed by atoms with E-state index in [4.69, 9.17) is 0 Å². The lowest BCUT2D eigenvalue weighted by molar-refractivity contribution is 0.0429. The second kappa shape index (κ2) is 4.45. The summed E-state index contributed by atoms with van der Waals surface area (Å²) in [4.78, 5) is 6.71. The van der Waals surface area contributed by atoms with Crippen molar-refractivity contribution >= 4 is 5.95 Å². The van der Waals surface area contributed by atoms with E-state index >= 15 is 0 Å². The smallest absolute Gasteiger partial charge is 0.202 e. The number of nitrogens with one attached hydrogen (secondary N) is 1. The zero-order valence-corrected chi connectivity index (χ0v) is 10.5. The summed E-state index contributed by atoms with van der Waals surface area (Å²) >= 11 is 0. The van der Waals surface area contributed by atoms with E-state index in [0.29, 0.717) is 5.54 Å². The molecule has 0 atom stereocenters. The Bertz CT molecular complexity index is 339. The van der Waals surface area contributed by atoms with Gasteiger partial charge in [0.2, 0.25) is 5.95 Å². The average Bonchev–Trinajstić information content (AvgIpc) is 2.59. The molecular formula is C12H22N4. The standard InChI is InChI=1S/C12H22N4/c1-4-13-11-14-8-9-16(11)10-12(15(2)3)6-5-7-12/h8-9H,4-7,10H2,1-3H3,(H,13,14). The van der Waals surface area contributed by atoms with Crippen molar-refractivity contribution in [1.82, 2.24) is 14.5 Å². The van der Waals surface area contributed by atoms with Crippen LogP contribution >= 0.6 is 0 Å². The van der Waals surface area contributed by atoms with Crippen LogP contribution in [-0.4, -0.2) is 40.6 Å². The number of nitrogens with zero attached hydrogens (tertiary/aromatic N) is 3. The molecule has 1 aromatic rings. The monoisotopic (exact) mass is 222 g/mol. The van der Waals surface area contributed by atoms with E-state index in [0.717, 1.165) is 19.0 Å². The molecule has 4 heteroatoms. The second-order valence-electron chi connectivity index (χ2n) is 4.88. The lowest BCUT2D eigenvalue weighted by Crippen LogP contribution is -2.53. The van der Waals surface area contributed by atoms with Gasteiger partial charge >= 0.3 is 0 Å². The average molecular weight is 222 g/mol. The van der Waals surface area contributed by atoms with Gasteiger partial charge < -0.3 is 14.8 Å². The molecule has 1 aliphatic carbocycles. The molecule has 1 N–H and O–H groups in total. The lowest BCUT2D eigenvalue weighted by Gasteiger charge is -2.47. The molecule has 0 aliphatic heterocycles. The van der Waals surface area contributed by atoms with Crippen LogP contribution in [0.1, 0.15) is 26.2 Å². The van der Waals surface area contributed by atoms with Crippen LogP contribution in [0.5, 0.6) is 0 Å².